The van der Waals surface area contributed by atoms with Crippen molar-refractivity contribution in [1.29, 1.82) is 0 Å². The molecule has 0 aliphatic carbocycles. The van der Waals surface area contributed by atoms with Crippen molar-refractivity contribution in [2.75, 3.05) is 27.3 Å². The monoisotopic (exact) mass is 378 g/mol. The van der Waals surface area contributed by atoms with Crippen LogP contribution in [0.2, 0.25) is 0 Å². The molecule has 0 aromatic heterocycles. The Morgan fingerprint density at radius 3 is 2.14 bits per heavy atom. The largest absolute Gasteiger partial charge is 0.490 e. The molecule has 0 radical (unpaired) electrons. The van der Waals surface area contributed by atoms with Gasteiger partial charge in [0.25, 0.3) is 0 Å². The molecule has 0 amide bonds. The van der Waals surface area contributed by atoms with Gasteiger partial charge in [-0.05, 0) is 47.2 Å². The van der Waals surface area contributed by atoms with Crippen LogP contribution in [-0.2, 0) is 4.79 Å². The van der Waals surface area contributed by atoms with Gasteiger partial charge in [-0.1, -0.05) is 30.3 Å². The molecule has 3 aromatic carbocycles. The zero-order valence-electron chi connectivity index (χ0n) is 15.8. The predicted octanol–water partition coefficient (Wildman–Crippen LogP) is 3.65. The van der Waals surface area contributed by atoms with Crippen molar-refractivity contribution in [3.63, 3.8) is 0 Å². The van der Waals surface area contributed by atoms with Gasteiger partial charge < -0.3 is 19.6 Å². The molecule has 0 saturated carbocycles. The van der Waals surface area contributed by atoms with Gasteiger partial charge in [-0.25, -0.2) is 4.79 Å². The highest BCUT2D eigenvalue weighted by molar-refractivity contribution is 6.42. The maximum atomic E-state index is 11.3. The molecule has 0 heterocycles. The van der Waals surface area contributed by atoms with Gasteiger partial charge in [-0.15, -0.1) is 0 Å². The first-order valence-corrected chi connectivity index (χ1v) is 8.87. The summed E-state index contributed by atoms with van der Waals surface area (Å²) in [5.41, 5.74) is 0.497. The average Bonchev–Trinajstić information content (AvgIpc) is 2.69. The average molecular weight is 378 g/mol. The highest BCUT2D eigenvalue weighted by atomic mass is 16.5. The van der Waals surface area contributed by atoms with E-state index >= 15 is 0 Å². The van der Waals surface area contributed by atoms with Crippen molar-refractivity contribution >= 4 is 22.5 Å². The van der Waals surface area contributed by atoms with Gasteiger partial charge in [0.05, 0.1) is 0 Å². The highest BCUT2D eigenvalue weighted by Gasteiger charge is 2.13. The maximum absolute atomic E-state index is 11.3. The van der Waals surface area contributed by atoms with E-state index in [9.17, 15) is 9.90 Å². The third kappa shape index (κ3) is 5.01. The number of carboxylic acid groups (broad SMARTS) is 1. The Morgan fingerprint density at radius 1 is 0.893 bits per heavy atom. The summed E-state index contributed by atoms with van der Waals surface area (Å²) in [6.07, 6.45) is 0. The SMILES string of the molecule is CN(C)N=C(C(=O)O)c1ccc(OCCOc2ccc3ccccc3c2)cc1. The molecule has 0 atom stereocenters. The second kappa shape index (κ2) is 8.90. The number of carboxylic acids is 1. The Kier molecular flexibility index (Phi) is 6.11. The number of hydrogen-bond acceptors (Lipinski definition) is 5. The van der Waals surface area contributed by atoms with E-state index in [1.807, 2.05) is 36.4 Å². The summed E-state index contributed by atoms with van der Waals surface area (Å²) in [5, 5.41) is 17.0. The number of aliphatic carboxylic acids is 1. The maximum Gasteiger partial charge on any atom is 0.356 e. The van der Waals surface area contributed by atoms with Crippen molar-refractivity contribution in [3.05, 3.63) is 72.3 Å². The van der Waals surface area contributed by atoms with Crippen molar-refractivity contribution < 1.29 is 19.4 Å². The fourth-order valence-electron chi connectivity index (χ4n) is 2.71. The Balaban J connectivity index is 1.54. The van der Waals surface area contributed by atoms with Crippen LogP contribution in [0.3, 0.4) is 0 Å². The molecular weight excluding hydrogens is 356 g/mol. The van der Waals surface area contributed by atoms with Gasteiger partial charge in [0.15, 0.2) is 5.71 Å². The molecule has 28 heavy (non-hydrogen) atoms. The van der Waals surface area contributed by atoms with Crippen LogP contribution in [0, 0.1) is 0 Å². The first kappa shape index (κ1) is 19.2. The van der Waals surface area contributed by atoms with Crippen LogP contribution < -0.4 is 9.47 Å². The molecule has 1 N–H and O–H groups in total. The van der Waals surface area contributed by atoms with Crippen LogP contribution in [-0.4, -0.2) is 49.1 Å². The third-order valence-electron chi connectivity index (χ3n) is 3.97. The third-order valence-corrected chi connectivity index (χ3v) is 3.97. The van der Waals surface area contributed by atoms with Gasteiger partial charge >= 0.3 is 5.97 Å². The molecule has 144 valence electrons. The number of benzene rings is 3. The van der Waals surface area contributed by atoms with E-state index in [-0.39, 0.29) is 5.71 Å². The first-order valence-electron chi connectivity index (χ1n) is 8.87. The van der Waals surface area contributed by atoms with Crippen LogP contribution in [0.4, 0.5) is 0 Å². The standard InChI is InChI=1S/C22H22N2O4/c1-24(2)23-21(22(25)26)17-8-10-19(11-9-17)27-13-14-28-20-12-7-16-5-3-4-6-18(16)15-20/h3-12,15H,13-14H2,1-2H3,(H,25,26). The Bertz CT molecular complexity index is 981. The topological polar surface area (TPSA) is 71.4 Å². The summed E-state index contributed by atoms with van der Waals surface area (Å²) in [6.45, 7) is 0.784. The molecule has 0 saturated heterocycles. The van der Waals surface area contributed by atoms with Crippen LogP contribution in [0.5, 0.6) is 11.5 Å². The summed E-state index contributed by atoms with van der Waals surface area (Å²) in [4.78, 5) is 11.3. The first-order chi connectivity index (χ1) is 13.5. The van der Waals surface area contributed by atoms with Crippen LogP contribution >= 0.6 is 0 Å². The molecule has 0 bridgehead atoms. The van der Waals surface area contributed by atoms with Gasteiger partial charge in [-0.2, -0.15) is 5.10 Å². The zero-order chi connectivity index (χ0) is 19.9. The molecule has 6 heteroatoms. The van der Waals surface area contributed by atoms with Gasteiger partial charge in [0.1, 0.15) is 24.7 Å². The summed E-state index contributed by atoms with van der Waals surface area (Å²) in [5.74, 6) is 0.357. The minimum atomic E-state index is -1.08. The van der Waals surface area contributed by atoms with Gasteiger partial charge in [0.2, 0.25) is 0 Å². The smallest absolute Gasteiger partial charge is 0.356 e. The van der Waals surface area contributed by atoms with Crippen LogP contribution in [0.1, 0.15) is 5.56 Å². The predicted molar refractivity (Wildman–Crippen MR) is 109 cm³/mol. The van der Waals surface area contributed by atoms with Crippen LogP contribution in [0.25, 0.3) is 10.8 Å². The summed E-state index contributed by atoms with van der Waals surface area (Å²) in [7, 11) is 3.35. The number of carbonyl (C=O) groups is 1. The lowest BCUT2D eigenvalue weighted by atomic mass is 10.1. The van der Waals surface area contributed by atoms with E-state index < -0.39 is 5.97 Å². The molecule has 3 rings (SSSR count). The van der Waals surface area contributed by atoms with Crippen molar-refractivity contribution in [1.82, 2.24) is 5.01 Å². The molecule has 0 spiro atoms. The zero-order valence-corrected chi connectivity index (χ0v) is 15.8. The number of hydrogen-bond donors (Lipinski definition) is 1. The lowest BCUT2D eigenvalue weighted by Crippen LogP contribution is -2.19. The summed E-state index contributed by atoms with van der Waals surface area (Å²) >= 11 is 0. The lowest BCUT2D eigenvalue weighted by Gasteiger charge is -2.10. The quantitative estimate of drug-likeness (QED) is 0.368. The fraction of sp³-hybridized carbons (Fsp3) is 0.182. The number of hydrazone groups is 1. The van der Waals surface area contributed by atoms with Crippen molar-refractivity contribution in [2.45, 2.75) is 0 Å². The normalized spacial score (nSPS) is 11.3. The number of ether oxygens (including phenoxy) is 2. The van der Waals surface area contributed by atoms with Crippen LogP contribution in [0.15, 0.2) is 71.8 Å². The van der Waals surface area contributed by atoms with Gasteiger partial charge in [0, 0.05) is 19.7 Å². The van der Waals surface area contributed by atoms with E-state index in [0.29, 0.717) is 24.5 Å². The van der Waals surface area contributed by atoms with E-state index in [1.165, 1.54) is 10.4 Å². The van der Waals surface area contributed by atoms with Crippen molar-refractivity contribution in [2.24, 2.45) is 5.10 Å². The number of nitrogens with zero attached hydrogens (tertiary/aromatic N) is 2. The second-order valence-electron chi connectivity index (χ2n) is 6.33. The molecule has 0 fully saturated rings. The minimum Gasteiger partial charge on any atom is -0.490 e. The Hall–Kier alpha value is -3.54. The van der Waals surface area contributed by atoms with Crippen molar-refractivity contribution in [3.8, 4) is 11.5 Å². The molecule has 0 unspecified atom stereocenters. The number of fused-ring (bicyclic) bond motifs is 1. The number of rotatable bonds is 8. The lowest BCUT2D eigenvalue weighted by molar-refractivity contribution is -0.129. The second-order valence-corrected chi connectivity index (χ2v) is 6.33. The van der Waals surface area contributed by atoms with E-state index in [2.05, 4.69) is 11.2 Å². The fourth-order valence-corrected chi connectivity index (χ4v) is 2.71. The van der Waals surface area contributed by atoms with E-state index in [1.54, 1.807) is 38.4 Å². The molecular formula is C22H22N2O4. The van der Waals surface area contributed by atoms with E-state index in [0.717, 1.165) is 11.1 Å². The molecule has 0 aliphatic rings. The Labute approximate surface area is 163 Å². The molecule has 0 aliphatic heterocycles. The molecule has 6 nitrogen and oxygen atoms in total. The van der Waals surface area contributed by atoms with Gasteiger partial charge in [-0.3, -0.25) is 0 Å². The van der Waals surface area contributed by atoms with E-state index in [4.69, 9.17) is 9.47 Å². The highest BCUT2D eigenvalue weighted by Crippen LogP contribution is 2.20. The summed E-state index contributed by atoms with van der Waals surface area (Å²) in [6, 6.07) is 20.9. The minimum absolute atomic E-state index is 0.0174. The Morgan fingerprint density at radius 2 is 1.50 bits per heavy atom. The molecule has 3 aromatic rings. The summed E-state index contributed by atoms with van der Waals surface area (Å²) < 4.78 is 11.4.